The Morgan fingerprint density at radius 2 is 1.67 bits per heavy atom. The monoisotopic (exact) mass is 364 g/mol. The normalized spacial score (nSPS) is 23.6. The summed E-state index contributed by atoms with van der Waals surface area (Å²) in [5.74, 6) is -0.00557. The molecular weight excluding hydrogens is 340 g/mol. The number of hydrogen-bond donors (Lipinski definition) is 0. The van der Waals surface area contributed by atoms with Gasteiger partial charge in [0.2, 0.25) is 0 Å². The van der Waals surface area contributed by atoms with Crippen molar-refractivity contribution in [1.82, 2.24) is 14.7 Å². The molecule has 3 fully saturated rings. The van der Waals surface area contributed by atoms with Crippen LogP contribution in [0.15, 0.2) is 42.5 Å². The van der Waals surface area contributed by atoms with Crippen LogP contribution in [0.1, 0.15) is 12.8 Å². The molecule has 3 aliphatic heterocycles. The van der Waals surface area contributed by atoms with Crippen LogP contribution in [0.5, 0.6) is 0 Å². The van der Waals surface area contributed by atoms with E-state index in [4.69, 9.17) is 0 Å². The fourth-order valence-electron chi connectivity index (χ4n) is 4.63. The summed E-state index contributed by atoms with van der Waals surface area (Å²) in [7, 11) is 0. The highest BCUT2D eigenvalue weighted by Gasteiger charge is 2.47. The molecule has 140 valence electrons. The number of carbonyl (C=O) groups is 2. The highest BCUT2D eigenvalue weighted by molar-refractivity contribution is 6.04. The van der Waals surface area contributed by atoms with Crippen LogP contribution in [0, 0.1) is 0 Å². The zero-order chi connectivity index (χ0) is 18.4. The van der Waals surface area contributed by atoms with Gasteiger partial charge in [-0.1, -0.05) is 36.4 Å². The second kappa shape index (κ2) is 6.53. The summed E-state index contributed by atoms with van der Waals surface area (Å²) in [5, 5.41) is 2.53. The lowest BCUT2D eigenvalue weighted by Crippen LogP contribution is -2.51. The first kappa shape index (κ1) is 16.6. The lowest BCUT2D eigenvalue weighted by atomic mass is 10.1. The zero-order valence-corrected chi connectivity index (χ0v) is 15.4. The predicted octanol–water partition coefficient (Wildman–Crippen LogP) is 2.35. The molecule has 2 aromatic carbocycles. The number of imide groups is 1. The molecule has 6 heteroatoms. The van der Waals surface area contributed by atoms with Gasteiger partial charge in [0.25, 0.3) is 5.91 Å². The van der Waals surface area contributed by atoms with Gasteiger partial charge in [-0.05, 0) is 24.3 Å². The summed E-state index contributed by atoms with van der Waals surface area (Å²) in [6, 6.07) is 14.6. The maximum absolute atomic E-state index is 12.5. The van der Waals surface area contributed by atoms with Crippen LogP contribution in [0.25, 0.3) is 10.8 Å². The molecule has 3 amide bonds. The Kier molecular flexibility index (Phi) is 4.01. The third kappa shape index (κ3) is 2.75. The Labute approximate surface area is 158 Å². The number of fused-ring (bicyclic) bond motifs is 2. The van der Waals surface area contributed by atoms with Crippen molar-refractivity contribution in [1.29, 1.82) is 0 Å². The van der Waals surface area contributed by atoms with Crippen LogP contribution in [0.3, 0.4) is 0 Å². The molecule has 0 radical (unpaired) electrons. The van der Waals surface area contributed by atoms with Gasteiger partial charge in [0.1, 0.15) is 6.04 Å². The second-order valence-electron chi connectivity index (χ2n) is 7.65. The van der Waals surface area contributed by atoms with E-state index in [0.29, 0.717) is 6.67 Å². The Morgan fingerprint density at radius 1 is 0.889 bits per heavy atom. The minimum Gasteiger partial charge on any atom is -0.368 e. The number of benzene rings is 2. The fraction of sp³-hybridized carbons (Fsp3) is 0.429. The third-order valence-electron chi connectivity index (χ3n) is 6.10. The van der Waals surface area contributed by atoms with Crippen LogP contribution in [-0.4, -0.2) is 72.1 Å². The molecule has 0 spiro atoms. The minimum absolute atomic E-state index is 0.00557. The largest absolute Gasteiger partial charge is 0.368 e. The summed E-state index contributed by atoms with van der Waals surface area (Å²) in [6.07, 6.45) is 1.76. The van der Waals surface area contributed by atoms with Crippen LogP contribution < -0.4 is 4.90 Å². The zero-order valence-electron chi connectivity index (χ0n) is 15.4. The van der Waals surface area contributed by atoms with Crippen molar-refractivity contribution in [2.75, 3.05) is 44.3 Å². The summed E-state index contributed by atoms with van der Waals surface area (Å²) in [5.41, 5.74) is 1.27. The van der Waals surface area contributed by atoms with Crippen LogP contribution in [-0.2, 0) is 4.79 Å². The van der Waals surface area contributed by atoms with E-state index in [1.54, 1.807) is 4.90 Å². The molecule has 0 aliphatic carbocycles. The maximum Gasteiger partial charge on any atom is 0.328 e. The van der Waals surface area contributed by atoms with E-state index in [9.17, 15) is 9.59 Å². The molecular formula is C21H24N4O2. The van der Waals surface area contributed by atoms with E-state index in [0.717, 1.165) is 45.6 Å². The van der Waals surface area contributed by atoms with Gasteiger partial charge >= 0.3 is 6.03 Å². The summed E-state index contributed by atoms with van der Waals surface area (Å²) in [4.78, 5) is 32.9. The Balaban J connectivity index is 1.26. The van der Waals surface area contributed by atoms with Gasteiger partial charge in [-0.15, -0.1) is 0 Å². The summed E-state index contributed by atoms with van der Waals surface area (Å²) < 4.78 is 0. The quantitative estimate of drug-likeness (QED) is 0.785. The fourth-order valence-corrected chi connectivity index (χ4v) is 4.63. The number of carbonyl (C=O) groups excluding carboxylic acids is 2. The molecule has 0 N–H and O–H groups in total. The first-order chi connectivity index (χ1) is 13.2. The lowest BCUT2D eigenvalue weighted by Gasteiger charge is -2.37. The van der Waals surface area contributed by atoms with Crippen LogP contribution in [0.2, 0.25) is 0 Å². The number of anilines is 1. The molecule has 3 saturated heterocycles. The number of rotatable bonds is 3. The maximum atomic E-state index is 12.5. The molecule has 2 aromatic rings. The third-order valence-corrected chi connectivity index (χ3v) is 6.10. The second-order valence-corrected chi connectivity index (χ2v) is 7.65. The van der Waals surface area contributed by atoms with Crippen molar-refractivity contribution < 1.29 is 9.59 Å². The van der Waals surface area contributed by atoms with E-state index in [-0.39, 0.29) is 18.0 Å². The van der Waals surface area contributed by atoms with Crippen molar-refractivity contribution >= 4 is 28.4 Å². The van der Waals surface area contributed by atoms with Crippen LogP contribution in [0.4, 0.5) is 10.5 Å². The molecule has 1 atom stereocenters. The molecule has 3 heterocycles. The first-order valence-corrected chi connectivity index (χ1v) is 9.79. The standard InChI is InChI=1S/C21H24N4O2/c26-20-19-9-4-10-24(19)21(27)25(20)15-22-11-13-23(14-12-22)18-8-3-6-16-5-1-2-7-17(16)18/h1-3,5-8,19H,4,9-15H2. The Morgan fingerprint density at radius 3 is 2.48 bits per heavy atom. The van der Waals surface area contributed by atoms with Gasteiger partial charge in [0.05, 0.1) is 6.67 Å². The van der Waals surface area contributed by atoms with Crippen molar-refractivity contribution in [3.05, 3.63) is 42.5 Å². The first-order valence-electron chi connectivity index (χ1n) is 9.79. The molecule has 0 bridgehead atoms. The van der Waals surface area contributed by atoms with Crippen molar-refractivity contribution in [3.63, 3.8) is 0 Å². The number of nitrogens with zero attached hydrogens (tertiary/aromatic N) is 4. The van der Waals surface area contributed by atoms with Crippen molar-refractivity contribution in [2.24, 2.45) is 0 Å². The van der Waals surface area contributed by atoms with Crippen molar-refractivity contribution in [2.45, 2.75) is 18.9 Å². The van der Waals surface area contributed by atoms with Gasteiger partial charge in [-0.2, -0.15) is 0 Å². The van der Waals surface area contributed by atoms with E-state index in [1.807, 2.05) is 0 Å². The minimum atomic E-state index is -0.200. The average molecular weight is 364 g/mol. The summed E-state index contributed by atoms with van der Waals surface area (Å²) >= 11 is 0. The Bertz CT molecular complexity index is 863. The van der Waals surface area contributed by atoms with E-state index in [1.165, 1.54) is 21.4 Å². The highest BCUT2D eigenvalue weighted by atomic mass is 16.2. The molecule has 0 aromatic heterocycles. The number of amides is 3. The molecule has 6 nitrogen and oxygen atoms in total. The highest BCUT2D eigenvalue weighted by Crippen LogP contribution is 2.29. The van der Waals surface area contributed by atoms with Gasteiger partial charge in [0, 0.05) is 43.8 Å². The number of urea groups is 1. The Hall–Kier alpha value is -2.60. The molecule has 3 aliphatic rings. The van der Waals surface area contributed by atoms with Crippen LogP contribution >= 0.6 is 0 Å². The van der Waals surface area contributed by atoms with Crippen molar-refractivity contribution in [3.8, 4) is 0 Å². The number of piperazine rings is 1. The predicted molar refractivity (Wildman–Crippen MR) is 105 cm³/mol. The van der Waals surface area contributed by atoms with E-state index in [2.05, 4.69) is 52.3 Å². The smallest absolute Gasteiger partial charge is 0.328 e. The molecule has 0 saturated carbocycles. The SMILES string of the molecule is O=C1C2CCCN2C(=O)N1CN1CCN(c2cccc3ccccc23)CC1. The molecule has 27 heavy (non-hydrogen) atoms. The molecule has 1 unspecified atom stereocenters. The van der Waals surface area contributed by atoms with Gasteiger partial charge < -0.3 is 9.80 Å². The molecule has 5 rings (SSSR count). The topological polar surface area (TPSA) is 47.1 Å². The average Bonchev–Trinajstić information content (AvgIpc) is 3.28. The number of hydrogen-bond acceptors (Lipinski definition) is 4. The van der Waals surface area contributed by atoms with Gasteiger partial charge in [-0.25, -0.2) is 9.69 Å². The van der Waals surface area contributed by atoms with E-state index < -0.39 is 0 Å². The van der Waals surface area contributed by atoms with E-state index >= 15 is 0 Å². The van der Waals surface area contributed by atoms with Gasteiger partial charge in [-0.3, -0.25) is 9.69 Å². The van der Waals surface area contributed by atoms with Gasteiger partial charge in [0.15, 0.2) is 0 Å². The lowest BCUT2D eigenvalue weighted by molar-refractivity contribution is -0.129. The summed E-state index contributed by atoms with van der Waals surface area (Å²) in [6.45, 7) is 4.65.